The maximum atomic E-state index is 12.9. The van der Waals surface area contributed by atoms with Crippen molar-refractivity contribution in [3.05, 3.63) is 72.9 Å². The molecule has 6 heteroatoms. The van der Waals surface area contributed by atoms with Gasteiger partial charge in [0.1, 0.15) is 13.2 Å². The molecule has 0 spiro atoms. The van der Waals surface area contributed by atoms with E-state index in [1.165, 1.54) is 167 Å². The van der Waals surface area contributed by atoms with Crippen LogP contribution in [0.25, 0.3) is 0 Å². The first-order valence-electron chi connectivity index (χ1n) is 30.9. The van der Waals surface area contributed by atoms with E-state index >= 15 is 0 Å². The van der Waals surface area contributed by atoms with Gasteiger partial charge in [0, 0.05) is 19.3 Å². The van der Waals surface area contributed by atoms with Crippen molar-refractivity contribution in [2.75, 3.05) is 13.2 Å². The molecule has 0 aliphatic carbocycles. The minimum absolute atomic E-state index is 0.0757. The minimum atomic E-state index is -0.778. The lowest BCUT2D eigenvalue weighted by Crippen LogP contribution is -2.30. The summed E-state index contributed by atoms with van der Waals surface area (Å²) < 4.78 is 16.9. The summed E-state index contributed by atoms with van der Waals surface area (Å²) in [5.74, 6) is -0.875. The Hall–Kier alpha value is -3.15. The fraction of sp³-hybridized carbons (Fsp3) is 0.773. The van der Waals surface area contributed by atoms with E-state index in [9.17, 15) is 14.4 Å². The van der Waals surface area contributed by atoms with Crippen molar-refractivity contribution in [2.24, 2.45) is 0 Å². The minimum Gasteiger partial charge on any atom is -0.462 e. The van der Waals surface area contributed by atoms with Gasteiger partial charge in [0.05, 0.1) is 0 Å². The van der Waals surface area contributed by atoms with Crippen molar-refractivity contribution in [2.45, 2.75) is 316 Å². The zero-order valence-electron chi connectivity index (χ0n) is 47.7. The molecule has 0 radical (unpaired) electrons. The van der Waals surface area contributed by atoms with Gasteiger partial charge in [-0.15, -0.1) is 0 Å². The zero-order valence-corrected chi connectivity index (χ0v) is 47.7. The summed E-state index contributed by atoms with van der Waals surface area (Å²) in [6.45, 7) is 6.54. The molecule has 6 nitrogen and oxygen atoms in total. The lowest BCUT2D eigenvalue weighted by atomic mass is 10.0. The first kappa shape index (κ1) is 68.8. The molecule has 1 atom stereocenters. The van der Waals surface area contributed by atoms with Gasteiger partial charge in [0.25, 0.3) is 0 Å². The van der Waals surface area contributed by atoms with Gasteiger partial charge < -0.3 is 14.2 Å². The van der Waals surface area contributed by atoms with E-state index in [1.54, 1.807) is 0 Å². The maximum absolute atomic E-state index is 12.9. The van der Waals surface area contributed by atoms with Gasteiger partial charge in [-0.05, 0) is 89.9 Å². The SMILES string of the molecule is CC/C=C\C/C=C\C/C=C\C/C=C\C/C=C\CCCCCCCCCCCCCC(=O)OCC(COC(=O)CCCCCCCCCCCCCCC)OC(=O)CCCCCCC/C=C\CCCCCCC. The topological polar surface area (TPSA) is 78.9 Å². The zero-order chi connectivity index (χ0) is 52.2. The molecule has 0 aromatic rings. The third kappa shape index (κ3) is 57.7. The number of hydrogen-bond acceptors (Lipinski definition) is 6. The Labute approximate surface area is 446 Å². The predicted octanol–water partition coefficient (Wildman–Crippen LogP) is 20.9. The molecule has 0 rings (SSSR count). The number of carbonyl (C=O) groups is 3. The van der Waals surface area contributed by atoms with Crippen LogP contribution in [0.3, 0.4) is 0 Å². The second-order valence-corrected chi connectivity index (χ2v) is 20.6. The third-order valence-corrected chi connectivity index (χ3v) is 13.4. The van der Waals surface area contributed by atoms with Crippen LogP contribution >= 0.6 is 0 Å². The second-order valence-electron chi connectivity index (χ2n) is 20.6. The lowest BCUT2D eigenvalue weighted by molar-refractivity contribution is -0.167. The van der Waals surface area contributed by atoms with E-state index < -0.39 is 6.10 Å². The molecule has 0 N–H and O–H groups in total. The number of esters is 3. The first-order chi connectivity index (χ1) is 35.5. The average molecular weight is 1010 g/mol. The Balaban J connectivity index is 4.25. The Morgan fingerprint density at radius 2 is 0.542 bits per heavy atom. The summed E-state index contributed by atoms with van der Waals surface area (Å²) in [4.78, 5) is 38.2. The average Bonchev–Trinajstić information content (AvgIpc) is 3.38. The normalized spacial score (nSPS) is 12.5. The number of ether oxygens (including phenoxy) is 3. The molecule has 0 saturated carbocycles. The van der Waals surface area contributed by atoms with E-state index in [1.807, 2.05) is 0 Å². The molecule has 72 heavy (non-hydrogen) atoms. The smallest absolute Gasteiger partial charge is 0.306 e. The van der Waals surface area contributed by atoms with Crippen molar-refractivity contribution in [3.8, 4) is 0 Å². The molecule has 0 fully saturated rings. The molecular weight excluding hydrogens is 889 g/mol. The van der Waals surface area contributed by atoms with Gasteiger partial charge in [0.15, 0.2) is 6.10 Å². The number of carbonyl (C=O) groups excluding carboxylic acids is 3. The maximum Gasteiger partial charge on any atom is 0.306 e. The standard InChI is InChI=1S/C66H116O6/c1-4-7-10-13-16-19-22-25-27-28-29-30-31-32-33-34-35-36-37-38-39-42-44-47-50-53-56-59-65(68)71-62-63(61-70-64(67)58-55-52-49-46-43-40-24-21-18-15-12-9-6-3)72-66(69)60-57-54-51-48-45-41-26-23-20-17-14-11-8-5-2/h7,10,16,19,23,25-27,29-30,32-33,63H,4-6,8-9,11-15,17-18,20-22,24,28,31,34-62H2,1-3H3/b10-7-,19-16-,26-23-,27-25-,30-29-,33-32-. The van der Waals surface area contributed by atoms with Crippen LogP contribution < -0.4 is 0 Å². The number of allylic oxidation sites excluding steroid dienone is 12. The molecule has 0 aliphatic heterocycles. The molecule has 0 saturated heterocycles. The highest BCUT2D eigenvalue weighted by atomic mass is 16.6. The molecule has 1 unspecified atom stereocenters. The molecule has 0 aliphatic rings. The predicted molar refractivity (Wildman–Crippen MR) is 311 cm³/mol. The van der Waals surface area contributed by atoms with Crippen molar-refractivity contribution >= 4 is 17.9 Å². The fourth-order valence-electron chi connectivity index (χ4n) is 8.82. The molecule has 416 valence electrons. The highest BCUT2D eigenvalue weighted by molar-refractivity contribution is 5.71. The summed E-state index contributed by atoms with van der Waals surface area (Å²) in [5, 5.41) is 0. The Morgan fingerprint density at radius 3 is 0.861 bits per heavy atom. The Morgan fingerprint density at radius 1 is 0.292 bits per heavy atom. The highest BCUT2D eigenvalue weighted by Gasteiger charge is 2.19. The van der Waals surface area contributed by atoms with E-state index in [-0.39, 0.29) is 31.1 Å². The summed E-state index contributed by atoms with van der Waals surface area (Å²) >= 11 is 0. The Kier molecular flexibility index (Phi) is 57.8. The van der Waals surface area contributed by atoms with Crippen LogP contribution in [0.15, 0.2) is 72.9 Å². The summed E-state index contributed by atoms with van der Waals surface area (Å²) in [5.41, 5.74) is 0. The Bertz CT molecular complexity index is 1340. The highest BCUT2D eigenvalue weighted by Crippen LogP contribution is 2.16. The largest absolute Gasteiger partial charge is 0.462 e. The van der Waals surface area contributed by atoms with Gasteiger partial charge in [0.2, 0.25) is 0 Å². The molecule has 0 aromatic carbocycles. The lowest BCUT2D eigenvalue weighted by Gasteiger charge is -2.18. The van der Waals surface area contributed by atoms with Crippen LogP contribution in [0, 0.1) is 0 Å². The third-order valence-electron chi connectivity index (χ3n) is 13.4. The molecular formula is C66H116O6. The van der Waals surface area contributed by atoms with Crippen molar-refractivity contribution in [1.82, 2.24) is 0 Å². The number of hydrogen-bond donors (Lipinski definition) is 0. The van der Waals surface area contributed by atoms with Crippen molar-refractivity contribution < 1.29 is 28.6 Å². The van der Waals surface area contributed by atoms with Gasteiger partial charge in [-0.25, -0.2) is 0 Å². The van der Waals surface area contributed by atoms with Crippen LogP contribution in [-0.2, 0) is 28.6 Å². The molecule has 0 amide bonds. The van der Waals surface area contributed by atoms with Crippen LogP contribution in [0.2, 0.25) is 0 Å². The van der Waals surface area contributed by atoms with Crippen LogP contribution in [0.4, 0.5) is 0 Å². The van der Waals surface area contributed by atoms with E-state index in [2.05, 4.69) is 93.7 Å². The van der Waals surface area contributed by atoms with E-state index in [0.717, 1.165) is 103 Å². The van der Waals surface area contributed by atoms with Crippen molar-refractivity contribution in [1.29, 1.82) is 0 Å². The van der Waals surface area contributed by atoms with Crippen LogP contribution in [0.1, 0.15) is 310 Å². The van der Waals surface area contributed by atoms with Crippen LogP contribution in [-0.4, -0.2) is 37.2 Å². The van der Waals surface area contributed by atoms with Gasteiger partial charge in [-0.2, -0.15) is 0 Å². The van der Waals surface area contributed by atoms with Crippen molar-refractivity contribution in [3.63, 3.8) is 0 Å². The molecule has 0 aromatic heterocycles. The quantitative estimate of drug-likeness (QED) is 0.0261. The van der Waals surface area contributed by atoms with Crippen LogP contribution in [0.5, 0.6) is 0 Å². The number of unbranched alkanes of at least 4 members (excludes halogenated alkanes) is 33. The molecule has 0 heterocycles. The van der Waals surface area contributed by atoms with Gasteiger partial charge in [-0.1, -0.05) is 273 Å². The monoisotopic (exact) mass is 1000 g/mol. The second kappa shape index (κ2) is 60.4. The van der Waals surface area contributed by atoms with Gasteiger partial charge >= 0.3 is 17.9 Å². The fourth-order valence-corrected chi connectivity index (χ4v) is 8.82. The van der Waals surface area contributed by atoms with Gasteiger partial charge in [-0.3, -0.25) is 14.4 Å². The summed E-state index contributed by atoms with van der Waals surface area (Å²) in [6.07, 6.45) is 77.6. The number of rotatable bonds is 56. The molecule has 0 bridgehead atoms. The first-order valence-corrected chi connectivity index (χ1v) is 30.9. The van der Waals surface area contributed by atoms with E-state index in [4.69, 9.17) is 14.2 Å². The van der Waals surface area contributed by atoms with E-state index in [0.29, 0.717) is 19.3 Å². The summed E-state index contributed by atoms with van der Waals surface area (Å²) in [7, 11) is 0. The summed E-state index contributed by atoms with van der Waals surface area (Å²) in [6, 6.07) is 0.